The second kappa shape index (κ2) is 10.7. The molecule has 14 nitrogen and oxygen atoms in total. The molecule has 16 heteroatoms. The van der Waals surface area contributed by atoms with Crippen LogP contribution in [0, 0.1) is 11.7 Å². The highest BCUT2D eigenvalue weighted by Gasteiger charge is 2.36. The summed E-state index contributed by atoms with van der Waals surface area (Å²) in [6.45, 7) is 2.58. The number of morpholine rings is 1. The first-order chi connectivity index (χ1) is 19.8. The number of rotatable bonds is 7. The van der Waals surface area contributed by atoms with Gasteiger partial charge in [-0.3, -0.25) is 14.2 Å². The summed E-state index contributed by atoms with van der Waals surface area (Å²) < 4.78 is 31.4. The van der Waals surface area contributed by atoms with E-state index in [9.17, 15) is 19.5 Å². The van der Waals surface area contributed by atoms with Crippen molar-refractivity contribution < 1.29 is 28.6 Å². The summed E-state index contributed by atoms with van der Waals surface area (Å²) in [6, 6.07) is 4.25. The molecule has 212 valence electrons. The van der Waals surface area contributed by atoms with Crippen molar-refractivity contribution in [2.24, 2.45) is 5.92 Å². The minimum absolute atomic E-state index is 0.0245. The van der Waals surface area contributed by atoms with Gasteiger partial charge < -0.3 is 29.7 Å². The molecule has 2 fully saturated rings. The van der Waals surface area contributed by atoms with Crippen molar-refractivity contribution in [2.75, 3.05) is 61.6 Å². The monoisotopic (exact) mass is 582 g/mol. The van der Waals surface area contributed by atoms with Crippen LogP contribution in [-0.4, -0.2) is 87.4 Å². The number of carboxylic acids is 1. The van der Waals surface area contributed by atoms with E-state index in [-0.39, 0.29) is 41.0 Å². The number of methoxy groups -OCH3 is 1. The fraction of sp³-hybridized carbons (Fsp3) is 0.320. The first-order valence-corrected chi connectivity index (χ1v) is 13.3. The summed E-state index contributed by atoms with van der Waals surface area (Å²) in [4.78, 5) is 54.0. The van der Waals surface area contributed by atoms with Gasteiger partial charge in [-0.05, 0) is 18.2 Å². The van der Waals surface area contributed by atoms with Gasteiger partial charge in [-0.2, -0.15) is 9.36 Å². The maximum Gasteiger partial charge on any atom is 0.341 e. The van der Waals surface area contributed by atoms with Crippen LogP contribution in [0.5, 0.6) is 5.75 Å². The highest BCUT2D eigenvalue weighted by Crippen LogP contribution is 2.30. The Labute approximate surface area is 235 Å². The van der Waals surface area contributed by atoms with Gasteiger partial charge in [0, 0.05) is 43.9 Å². The molecule has 6 rings (SSSR count). The molecule has 2 aliphatic rings. The van der Waals surface area contributed by atoms with Gasteiger partial charge in [0.25, 0.3) is 0 Å². The maximum atomic E-state index is 15.3. The number of hydrogen-bond donors (Lipinski definition) is 2. The Morgan fingerprint density at radius 3 is 2.66 bits per heavy atom. The van der Waals surface area contributed by atoms with E-state index in [2.05, 4.69) is 24.6 Å². The van der Waals surface area contributed by atoms with Gasteiger partial charge in [0.05, 0.1) is 37.8 Å². The number of carbonyl (C=O) groups is 2. The van der Waals surface area contributed by atoms with E-state index < -0.39 is 28.7 Å². The number of ether oxygens (including phenoxy) is 2. The molecule has 2 aliphatic heterocycles. The van der Waals surface area contributed by atoms with Gasteiger partial charge in [0.1, 0.15) is 17.1 Å². The molecule has 1 amide bonds. The van der Waals surface area contributed by atoms with Crippen LogP contribution in [0.1, 0.15) is 10.4 Å². The minimum Gasteiger partial charge on any atom is -0.495 e. The Bertz CT molecular complexity index is 1700. The molecule has 0 radical (unpaired) electrons. The molecule has 0 spiro atoms. The third-order valence-electron chi connectivity index (χ3n) is 6.82. The Kier molecular flexibility index (Phi) is 6.92. The van der Waals surface area contributed by atoms with E-state index >= 15 is 4.39 Å². The first-order valence-electron chi connectivity index (χ1n) is 12.5. The van der Waals surface area contributed by atoms with Gasteiger partial charge in [-0.15, -0.1) is 0 Å². The molecule has 4 aromatic rings. The number of fused-ring (bicyclic) bond motifs is 1. The maximum absolute atomic E-state index is 15.3. The molecule has 0 aromatic carbocycles. The molecular weight excluding hydrogens is 559 g/mol. The van der Waals surface area contributed by atoms with Crippen molar-refractivity contribution in [3.8, 4) is 10.9 Å². The lowest BCUT2D eigenvalue weighted by Crippen LogP contribution is -2.52. The fourth-order valence-electron chi connectivity index (χ4n) is 4.55. The predicted octanol–water partition coefficient (Wildman–Crippen LogP) is 1.39. The zero-order valence-corrected chi connectivity index (χ0v) is 22.4. The third kappa shape index (κ3) is 5.02. The third-order valence-corrected chi connectivity index (χ3v) is 7.53. The van der Waals surface area contributed by atoms with Crippen LogP contribution in [0.25, 0.3) is 16.2 Å². The summed E-state index contributed by atoms with van der Waals surface area (Å²) in [5.41, 5.74) is -1.40. The zero-order chi connectivity index (χ0) is 28.7. The molecule has 0 atom stereocenters. The minimum atomic E-state index is -1.46. The van der Waals surface area contributed by atoms with E-state index in [1.54, 1.807) is 17.0 Å². The average Bonchev–Trinajstić information content (AvgIpc) is 3.44. The van der Waals surface area contributed by atoms with E-state index in [0.29, 0.717) is 43.8 Å². The molecule has 41 heavy (non-hydrogen) atoms. The fourth-order valence-corrected chi connectivity index (χ4v) is 5.22. The molecule has 4 aromatic heterocycles. The van der Waals surface area contributed by atoms with Crippen molar-refractivity contribution in [3.63, 3.8) is 0 Å². The quantitative estimate of drug-likeness (QED) is 0.322. The van der Waals surface area contributed by atoms with E-state index in [4.69, 9.17) is 9.47 Å². The molecule has 0 unspecified atom stereocenters. The van der Waals surface area contributed by atoms with Crippen molar-refractivity contribution >= 4 is 52.0 Å². The number of pyridine rings is 3. The number of aromatic carboxylic acids is 1. The van der Waals surface area contributed by atoms with E-state index in [1.807, 2.05) is 4.90 Å². The zero-order valence-electron chi connectivity index (χ0n) is 21.6. The van der Waals surface area contributed by atoms with Crippen molar-refractivity contribution in [2.45, 2.75) is 0 Å². The number of amides is 1. The van der Waals surface area contributed by atoms with E-state index in [0.717, 1.165) is 23.8 Å². The normalized spacial score (nSPS) is 15.6. The molecule has 0 saturated carbocycles. The highest BCUT2D eigenvalue weighted by atomic mass is 32.1. The second-order valence-electron chi connectivity index (χ2n) is 9.36. The lowest BCUT2D eigenvalue weighted by Gasteiger charge is -2.39. The summed E-state index contributed by atoms with van der Waals surface area (Å²) >= 11 is 0.993. The number of carboxylic acid groups (broad SMARTS) is 1. The number of nitrogens with zero attached hydrogens (tertiary/aromatic N) is 7. The number of nitrogens with one attached hydrogen (secondary N) is 1. The number of carbonyl (C=O) groups excluding carboxylic acids is 1. The molecular formula is C25H23FN8O6S. The number of aromatic nitrogens is 5. The van der Waals surface area contributed by atoms with Crippen LogP contribution in [0.3, 0.4) is 0 Å². The van der Waals surface area contributed by atoms with Crippen LogP contribution in [0.15, 0.2) is 35.4 Å². The lowest BCUT2D eigenvalue weighted by molar-refractivity contribution is -0.120. The average molecular weight is 583 g/mol. The van der Waals surface area contributed by atoms with Crippen LogP contribution < -0.4 is 25.3 Å². The van der Waals surface area contributed by atoms with Gasteiger partial charge in [0.2, 0.25) is 22.4 Å². The standard InChI is InChI=1S/C25H23FN8O6S/c1-39-14-2-3-18(27-9-14)28-22(36)13-10-33(11-13)21-17(26)8-15-19(35)16(23(37)38)12-34(20(15)29-21)25-30-24(31-41-25)32-4-6-40-7-5-32/h2-3,8-9,12-13H,4-7,10-11H2,1H3,(H,37,38)(H,27,28,36). The van der Waals surface area contributed by atoms with Crippen LogP contribution in [0.4, 0.5) is 22.0 Å². The van der Waals surface area contributed by atoms with Gasteiger partial charge >= 0.3 is 5.97 Å². The predicted molar refractivity (Wildman–Crippen MR) is 146 cm³/mol. The van der Waals surface area contributed by atoms with Crippen molar-refractivity contribution in [1.82, 2.24) is 23.9 Å². The molecule has 0 aliphatic carbocycles. The smallest absolute Gasteiger partial charge is 0.341 e. The highest BCUT2D eigenvalue weighted by molar-refractivity contribution is 7.08. The van der Waals surface area contributed by atoms with Crippen molar-refractivity contribution in [3.05, 3.63) is 52.2 Å². The SMILES string of the molecule is COc1ccc(NC(=O)C2CN(c3nc4c(cc3F)c(=O)c(C(=O)O)cn4-c3nc(N4CCOCC4)ns3)C2)nc1. The van der Waals surface area contributed by atoms with Gasteiger partial charge in [-0.25, -0.2) is 19.2 Å². The number of anilines is 3. The lowest BCUT2D eigenvalue weighted by atomic mass is 9.99. The summed E-state index contributed by atoms with van der Waals surface area (Å²) in [6.07, 6.45) is 2.60. The summed E-state index contributed by atoms with van der Waals surface area (Å²) in [5, 5.41) is 12.4. The largest absolute Gasteiger partial charge is 0.495 e. The van der Waals surface area contributed by atoms with Gasteiger partial charge in [-0.1, -0.05) is 0 Å². The Balaban J connectivity index is 1.29. The number of hydrogen-bond acceptors (Lipinski definition) is 12. The topological polar surface area (TPSA) is 165 Å². The molecule has 2 saturated heterocycles. The van der Waals surface area contributed by atoms with Crippen LogP contribution in [-0.2, 0) is 9.53 Å². The first kappa shape index (κ1) is 26.5. The molecule has 0 bridgehead atoms. The summed E-state index contributed by atoms with van der Waals surface area (Å²) in [5.74, 6) is -1.74. The Morgan fingerprint density at radius 2 is 1.98 bits per heavy atom. The Hall–Kier alpha value is -4.70. The second-order valence-corrected chi connectivity index (χ2v) is 10.1. The van der Waals surface area contributed by atoms with Gasteiger partial charge in [0.15, 0.2) is 17.3 Å². The van der Waals surface area contributed by atoms with Crippen LogP contribution in [0.2, 0.25) is 0 Å². The Morgan fingerprint density at radius 1 is 1.20 bits per heavy atom. The molecule has 2 N–H and O–H groups in total. The van der Waals surface area contributed by atoms with E-state index in [1.165, 1.54) is 17.9 Å². The van der Waals surface area contributed by atoms with Crippen LogP contribution >= 0.6 is 11.5 Å². The molecule has 6 heterocycles. The number of halogens is 1. The summed E-state index contributed by atoms with van der Waals surface area (Å²) in [7, 11) is 1.51. The van der Waals surface area contributed by atoms with Crippen molar-refractivity contribution in [1.29, 1.82) is 0 Å².